The van der Waals surface area contributed by atoms with Gasteiger partial charge in [0.05, 0.1) is 7.11 Å². The number of carbonyl (C=O) groups excluding carboxylic acids is 1. The fourth-order valence-electron chi connectivity index (χ4n) is 3.22. The summed E-state index contributed by atoms with van der Waals surface area (Å²) in [5, 5.41) is 0.684. The Morgan fingerprint density at radius 1 is 1.12 bits per heavy atom. The van der Waals surface area contributed by atoms with Gasteiger partial charge in [-0.1, -0.05) is 11.6 Å². The van der Waals surface area contributed by atoms with Gasteiger partial charge in [-0.05, 0) is 48.9 Å². The van der Waals surface area contributed by atoms with E-state index >= 15 is 0 Å². The van der Waals surface area contributed by atoms with Gasteiger partial charge in [-0.15, -0.1) is 0 Å². The normalized spacial score (nSPS) is 15.6. The van der Waals surface area contributed by atoms with Gasteiger partial charge in [0.15, 0.2) is 0 Å². The summed E-state index contributed by atoms with van der Waals surface area (Å²) < 4.78 is 18.5. The van der Waals surface area contributed by atoms with Gasteiger partial charge < -0.3 is 9.64 Å². The Balaban J connectivity index is 1.64. The van der Waals surface area contributed by atoms with Crippen LogP contribution in [0.3, 0.4) is 0 Å². The van der Waals surface area contributed by atoms with Gasteiger partial charge >= 0.3 is 0 Å². The van der Waals surface area contributed by atoms with E-state index in [1.165, 1.54) is 24.3 Å². The van der Waals surface area contributed by atoms with Gasteiger partial charge in [0.2, 0.25) is 0 Å². The van der Waals surface area contributed by atoms with Gasteiger partial charge in [0.25, 0.3) is 5.91 Å². The minimum absolute atomic E-state index is 0.0489. The van der Waals surface area contributed by atoms with Crippen molar-refractivity contribution in [3.05, 3.63) is 64.4 Å². The van der Waals surface area contributed by atoms with E-state index in [0.717, 1.165) is 37.4 Å². The van der Waals surface area contributed by atoms with E-state index in [1.54, 1.807) is 7.11 Å². The highest BCUT2D eigenvalue weighted by molar-refractivity contribution is 6.30. The third-order valence-corrected chi connectivity index (χ3v) is 4.84. The van der Waals surface area contributed by atoms with Crippen LogP contribution < -0.4 is 4.74 Å². The van der Waals surface area contributed by atoms with Crippen LogP contribution in [0.5, 0.6) is 5.75 Å². The van der Waals surface area contributed by atoms with Gasteiger partial charge in [-0.25, -0.2) is 4.39 Å². The van der Waals surface area contributed by atoms with Crippen LogP contribution in [-0.4, -0.2) is 49.0 Å². The maximum absolute atomic E-state index is 13.1. The van der Waals surface area contributed by atoms with E-state index in [9.17, 15) is 9.18 Å². The molecule has 1 aliphatic heterocycles. The average molecular weight is 377 g/mol. The van der Waals surface area contributed by atoms with E-state index in [4.69, 9.17) is 16.3 Å². The van der Waals surface area contributed by atoms with Crippen molar-refractivity contribution in [2.24, 2.45) is 0 Å². The molecule has 0 aromatic heterocycles. The molecule has 4 nitrogen and oxygen atoms in total. The third-order valence-electron chi connectivity index (χ3n) is 4.60. The van der Waals surface area contributed by atoms with E-state index in [-0.39, 0.29) is 11.7 Å². The van der Waals surface area contributed by atoms with E-state index in [0.29, 0.717) is 23.7 Å². The van der Waals surface area contributed by atoms with Crippen molar-refractivity contribution in [3.63, 3.8) is 0 Å². The SMILES string of the molecule is COc1ccc(Cl)cc1CN1CCCN(C(=O)c2ccc(F)cc2)CC1. The molecule has 2 aromatic rings. The van der Waals surface area contributed by atoms with Crippen molar-refractivity contribution in [1.29, 1.82) is 0 Å². The molecule has 0 atom stereocenters. The summed E-state index contributed by atoms with van der Waals surface area (Å²) in [5.41, 5.74) is 1.56. The molecule has 0 bridgehead atoms. The number of hydrogen-bond donors (Lipinski definition) is 0. The molecular weight excluding hydrogens is 355 g/mol. The van der Waals surface area contributed by atoms with Crippen molar-refractivity contribution in [2.45, 2.75) is 13.0 Å². The lowest BCUT2D eigenvalue weighted by molar-refractivity contribution is 0.0761. The second-order valence-electron chi connectivity index (χ2n) is 6.38. The number of rotatable bonds is 4. The highest BCUT2D eigenvalue weighted by Crippen LogP contribution is 2.24. The molecule has 0 N–H and O–H groups in total. The number of nitrogens with zero attached hydrogens (tertiary/aromatic N) is 2. The molecule has 2 aromatic carbocycles. The molecule has 1 fully saturated rings. The van der Waals surface area contributed by atoms with Gasteiger partial charge in [-0.2, -0.15) is 0 Å². The first kappa shape index (κ1) is 18.7. The maximum Gasteiger partial charge on any atom is 0.253 e. The fourth-order valence-corrected chi connectivity index (χ4v) is 3.41. The molecule has 1 aliphatic rings. The predicted molar refractivity (Wildman–Crippen MR) is 100 cm³/mol. The lowest BCUT2D eigenvalue weighted by atomic mass is 10.2. The highest BCUT2D eigenvalue weighted by atomic mass is 35.5. The Bertz CT molecular complexity index is 767. The lowest BCUT2D eigenvalue weighted by Gasteiger charge is -2.23. The number of carbonyl (C=O) groups is 1. The maximum atomic E-state index is 13.1. The van der Waals surface area contributed by atoms with Gasteiger partial charge in [0.1, 0.15) is 11.6 Å². The number of hydrogen-bond acceptors (Lipinski definition) is 3. The summed E-state index contributed by atoms with van der Waals surface area (Å²) in [6.45, 7) is 3.71. The van der Waals surface area contributed by atoms with Crippen molar-refractivity contribution < 1.29 is 13.9 Å². The molecular formula is C20H22ClFN2O2. The van der Waals surface area contributed by atoms with Crippen LogP contribution in [-0.2, 0) is 6.54 Å². The Labute approximate surface area is 158 Å². The minimum Gasteiger partial charge on any atom is -0.496 e. The zero-order chi connectivity index (χ0) is 18.5. The Morgan fingerprint density at radius 3 is 2.62 bits per heavy atom. The van der Waals surface area contributed by atoms with Crippen LogP contribution >= 0.6 is 11.6 Å². The molecule has 0 saturated carbocycles. The van der Waals surface area contributed by atoms with Crippen molar-refractivity contribution in [3.8, 4) is 5.75 Å². The third kappa shape index (κ3) is 4.54. The zero-order valence-corrected chi connectivity index (χ0v) is 15.5. The number of amides is 1. The van der Waals surface area contributed by atoms with Crippen molar-refractivity contribution in [2.75, 3.05) is 33.3 Å². The molecule has 1 heterocycles. The molecule has 0 spiro atoms. The highest BCUT2D eigenvalue weighted by Gasteiger charge is 2.21. The Morgan fingerprint density at radius 2 is 1.88 bits per heavy atom. The average Bonchev–Trinajstić information content (AvgIpc) is 2.88. The van der Waals surface area contributed by atoms with E-state index in [1.807, 2.05) is 23.1 Å². The smallest absolute Gasteiger partial charge is 0.253 e. The standard InChI is InChI=1S/C20H22ClFN2O2/c1-26-19-8-5-17(21)13-16(19)14-23-9-2-10-24(12-11-23)20(25)15-3-6-18(22)7-4-15/h3-8,13H,2,9-12,14H2,1H3. The molecule has 1 saturated heterocycles. The number of halogens is 2. The summed E-state index contributed by atoms with van der Waals surface area (Å²) >= 11 is 6.11. The van der Waals surface area contributed by atoms with Crippen LogP contribution in [0.2, 0.25) is 5.02 Å². The van der Waals surface area contributed by atoms with Crippen molar-refractivity contribution >= 4 is 17.5 Å². The monoisotopic (exact) mass is 376 g/mol. The summed E-state index contributed by atoms with van der Waals surface area (Å²) in [6, 6.07) is 11.3. The lowest BCUT2D eigenvalue weighted by Crippen LogP contribution is -2.35. The molecule has 3 rings (SSSR count). The Kier molecular flexibility index (Phi) is 6.12. The van der Waals surface area contributed by atoms with Crippen LogP contribution in [0.15, 0.2) is 42.5 Å². The van der Waals surface area contributed by atoms with Gasteiger partial charge in [-0.3, -0.25) is 9.69 Å². The first-order valence-electron chi connectivity index (χ1n) is 8.66. The van der Waals surface area contributed by atoms with Crippen LogP contribution in [0, 0.1) is 5.82 Å². The summed E-state index contributed by atoms with van der Waals surface area (Å²) in [5.74, 6) is 0.434. The second kappa shape index (κ2) is 8.52. The molecule has 1 amide bonds. The summed E-state index contributed by atoms with van der Waals surface area (Å²) in [4.78, 5) is 16.8. The van der Waals surface area contributed by atoms with E-state index < -0.39 is 0 Å². The summed E-state index contributed by atoms with van der Waals surface area (Å²) in [7, 11) is 1.65. The number of ether oxygens (including phenoxy) is 1. The van der Waals surface area contributed by atoms with Crippen LogP contribution in [0.25, 0.3) is 0 Å². The molecule has 0 unspecified atom stereocenters. The quantitative estimate of drug-likeness (QED) is 0.812. The molecule has 138 valence electrons. The largest absolute Gasteiger partial charge is 0.496 e. The molecule has 26 heavy (non-hydrogen) atoms. The van der Waals surface area contributed by atoms with Crippen LogP contribution in [0.1, 0.15) is 22.3 Å². The summed E-state index contributed by atoms with van der Waals surface area (Å²) in [6.07, 6.45) is 0.885. The first-order chi connectivity index (χ1) is 12.6. The predicted octanol–water partition coefficient (Wildman–Crippen LogP) is 3.84. The second-order valence-corrected chi connectivity index (χ2v) is 6.82. The Hall–Kier alpha value is -2.11. The fraction of sp³-hybridized carbons (Fsp3) is 0.350. The molecule has 6 heteroatoms. The number of methoxy groups -OCH3 is 1. The van der Waals surface area contributed by atoms with E-state index in [2.05, 4.69) is 4.90 Å². The molecule has 0 aliphatic carbocycles. The topological polar surface area (TPSA) is 32.8 Å². The first-order valence-corrected chi connectivity index (χ1v) is 9.04. The number of benzene rings is 2. The minimum atomic E-state index is -0.334. The van der Waals surface area contributed by atoms with Crippen LogP contribution in [0.4, 0.5) is 4.39 Å². The molecule has 0 radical (unpaired) electrons. The van der Waals surface area contributed by atoms with Gasteiger partial charge in [0, 0.05) is 48.9 Å². The zero-order valence-electron chi connectivity index (χ0n) is 14.8. The van der Waals surface area contributed by atoms with Crippen molar-refractivity contribution in [1.82, 2.24) is 9.80 Å².